The zero-order valence-electron chi connectivity index (χ0n) is 10.6. The smallest absolute Gasteiger partial charge is 0.0631 e. The number of aliphatic hydroxyl groups excluding tert-OH is 2. The first-order valence-corrected chi connectivity index (χ1v) is 6.47. The van der Waals surface area contributed by atoms with E-state index in [9.17, 15) is 10.2 Å². The Bertz CT molecular complexity index is 360. The van der Waals surface area contributed by atoms with E-state index < -0.39 is 6.10 Å². The van der Waals surface area contributed by atoms with E-state index in [0.29, 0.717) is 5.92 Å². The van der Waals surface area contributed by atoms with Crippen LogP contribution in [0, 0.1) is 11.3 Å². The highest BCUT2D eigenvalue weighted by Crippen LogP contribution is 2.55. The Balaban J connectivity index is 1.92. The van der Waals surface area contributed by atoms with Gasteiger partial charge in [-0.15, -0.1) is 0 Å². The van der Waals surface area contributed by atoms with Gasteiger partial charge in [-0.2, -0.15) is 0 Å². The van der Waals surface area contributed by atoms with Crippen LogP contribution in [0.3, 0.4) is 0 Å². The van der Waals surface area contributed by atoms with Gasteiger partial charge in [-0.25, -0.2) is 0 Å². The van der Waals surface area contributed by atoms with Crippen LogP contribution in [-0.2, 0) is 6.42 Å². The number of hydrogen-bond acceptors (Lipinski definition) is 2. The minimum Gasteiger partial charge on any atom is -0.392 e. The molecule has 0 bridgehead atoms. The summed E-state index contributed by atoms with van der Waals surface area (Å²) in [5, 5.41) is 20.0. The molecule has 1 aliphatic rings. The van der Waals surface area contributed by atoms with Gasteiger partial charge in [0.2, 0.25) is 0 Å². The van der Waals surface area contributed by atoms with Crippen LogP contribution in [0.15, 0.2) is 30.3 Å². The lowest BCUT2D eigenvalue weighted by Crippen LogP contribution is -2.31. The molecule has 0 heterocycles. The molecular weight excluding hydrogens is 212 g/mol. The van der Waals surface area contributed by atoms with Crippen LogP contribution < -0.4 is 0 Å². The SMILES string of the molecule is CC(C)[C@@]1([C@H](O)CCc2ccccc2)C[C@H]1O. The summed E-state index contributed by atoms with van der Waals surface area (Å²) in [4.78, 5) is 0. The molecule has 3 atom stereocenters. The minimum absolute atomic E-state index is 0.241. The van der Waals surface area contributed by atoms with Crippen LogP contribution in [0.4, 0.5) is 0 Å². The lowest BCUT2D eigenvalue weighted by Gasteiger charge is -2.26. The summed E-state index contributed by atoms with van der Waals surface area (Å²) in [5.41, 5.74) is 1.01. The van der Waals surface area contributed by atoms with Crippen molar-refractivity contribution in [2.24, 2.45) is 11.3 Å². The molecule has 1 fully saturated rings. The number of benzene rings is 1. The molecule has 2 heteroatoms. The average molecular weight is 234 g/mol. The average Bonchev–Trinajstić information content (AvgIpc) is 3.01. The summed E-state index contributed by atoms with van der Waals surface area (Å²) in [6.07, 6.45) is 1.66. The predicted molar refractivity (Wildman–Crippen MR) is 68.7 cm³/mol. The molecule has 0 unspecified atom stereocenters. The maximum absolute atomic E-state index is 10.3. The van der Waals surface area contributed by atoms with Gasteiger partial charge < -0.3 is 10.2 Å². The van der Waals surface area contributed by atoms with Gasteiger partial charge in [-0.3, -0.25) is 0 Å². The van der Waals surface area contributed by atoms with E-state index in [2.05, 4.69) is 26.0 Å². The van der Waals surface area contributed by atoms with Crippen molar-refractivity contribution < 1.29 is 10.2 Å². The topological polar surface area (TPSA) is 40.5 Å². The first-order valence-electron chi connectivity index (χ1n) is 6.47. The van der Waals surface area contributed by atoms with Crippen molar-refractivity contribution in [3.8, 4) is 0 Å². The van der Waals surface area contributed by atoms with E-state index in [4.69, 9.17) is 0 Å². The van der Waals surface area contributed by atoms with Gasteiger partial charge in [-0.1, -0.05) is 44.2 Å². The van der Waals surface area contributed by atoms with E-state index >= 15 is 0 Å². The van der Waals surface area contributed by atoms with Crippen LogP contribution in [0.1, 0.15) is 32.3 Å². The largest absolute Gasteiger partial charge is 0.392 e. The third-order valence-electron chi connectivity index (χ3n) is 4.25. The Hall–Kier alpha value is -0.860. The quantitative estimate of drug-likeness (QED) is 0.821. The Morgan fingerprint density at radius 2 is 1.88 bits per heavy atom. The third kappa shape index (κ3) is 2.38. The van der Waals surface area contributed by atoms with Gasteiger partial charge in [0.25, 0.3) is 0 Å². The molecule has 17 heavy (non-hydrogen) atoms. The number of aryl methyl sites for hydroxylation is 1. The van der Waals surface area contributed by atoms with Gasteiger partial charge in [0, 0.05) is 5.41 Å². The van der Waals surface area contributed by atoms with Crippen LogP contribution >= 0.6 is 0 Å². The Morgan fingerprint density at radius 1 is 1.29 bits per heavy atom. The highest BCUT2D eigenvalue weighted by Gasteiger charge is 2.59. The summed E-state index contributed by atoms with van der Waals surface area (Å²) in [6.45, 7) is 4.17. The van der Waals surface area contributed by atoms with Crippen LogP contribution in [0.2, 0.25) is 0 Å². The fourth-order valence-electron chi connectivity index (χ4n) is 2.86. The Labute approximate surface area is 103 Å². The molecule has 1 aromatic rings. The molecule has 2 rings (SSSR count). The van der Waals surface area contributed by atoms with E-state index in [1.54, 1.807) is 0 Å². The van der Waals surface area contributed by atoms with Crippen LogP contribution in [0.25, 0.3) is 0 Å². The molecule has 0 radical (unpaired) electrons. The first kappa shape index (κ1) is 12.6. The molecule has 94 valence electrons. The van der Waals surface area contributed by atoms with E-state index in [0.717, 1.165) is 19.3 Å². The van der Waals surface area contributed by atoms with Crippen molar-refractivity contribution in [1.29, 1.82) is 0 Å². The molecule has 0 amide bonds. The Kier molecular flexibility index (Phi) is 3.55. The van der Waals surface area contributed by atoms with Crippen molar-refractivity contribution in [3.63, 3.8) is 0 Å². The fourth-order valence-corrected chi connectivity index (χ4v) is 2.86. The molecule has 1 saturated carbocycles. The zero-order valence-corrected chi connectivity index (χ0v) is 10.6. The van der Waals surface area contributed by atoms with Crippen LogP contribution in [-0.4, -0.2) is 22.4 Å². The second-order valence-electron chi connectivity index (χ2n) is 5.53. The molecule has 0 aromatic heterocycles. The zero-order chi connectivity index (χ0) is 12.5. The molecule has 1 aromatic carbocycles. The maximum Gasteiger partial charge on any atom is 0.0631 e. The summed E-state index contributed by atoms with van der Waals surface area (Å²) >= 11 is 0. The molecule has 1 aliphatic carbocycles. The van der Waals surface area contributed by atoms with Crippen LogP contribution in [0.5, 0.6) is 0 Å². The van der Waals surface area contributed by atoms with Crippen molar-refractivity contribution in [2.45, 2.75) is 45.3 Å². The van der Waals surface area contributed by atoms with Crippen molar-refractivity contribution >= 4 is 0 Å². The monoisotopic (exact) mass is 234 g/mol. The molecular formula is C15H22O2. The highest BCUT2D eigenvalue weighted by molar-refractivity contribution is 5.16. The molecule has 0 aliphatic heterocycles. The lowest BCUT2D eigenvalue weighted by atomic mass is 9.83. The minimum atomic E-state index is -0.391. The Morgan fingerprint density at radius 3 is 2.35 bits per heavy atom. The van der Waals surface area contributed by atoms with Gasteiger partial charge in [-0.05, 0) is 30.7 Å². The molecule has 2 N–H and O–H groups in total. The van der Waals surface area contributed by atoms with Crippen molar-refractivity contribution in [2.75, 3.05) is 0 Å². The predicted octanol–water partition coefficient (Wildman–Crippen LogP) is 2.39. The van der Waals surface area contributed by atoms with Gasteiger partial charge >= 0.3 is 0 Å². The number of hydrogen-bond donors (Lipinski definition) is 2. The van der Waals surface area contributed by atoms with E-state index in [1.807, 2.05) is 18.2 Å². The maximum atomic E-state index is 10.3. The molecule has 2 nitrogen and oxygen atoms in total. The standard InChI is InChI=1S/C15H22O2/c1-11(2)15(10-14(15)17)13(16)9-8-12-6-4-3-5-7-12/h3-7,11,13-14,16-17H,8-10H2,1-2H3/t13-,14-,15-/m1/s1. The molecule has 0 saturated heterocycles. The van der Waals surface area contributed by atoms with E-state index in [-0.39, 0.29) is 11.5 Å². The first-order chi connectivity index (χ1) is 8.07. The lowest BCUT2D eigenvalue weighted by molar-refractivity contribution is 0.0254. The van der Waals surface area contributed by atoms with E-state index in [1.165, 1.54) is 5.56 Å². The van der Waals surface area contributed by atoms with Gasteiger partial charge in [0.15, 0.2) is 0 Å². The van der Waals surface area contributed by atoms with Gasteiger partial charge in [0.1, 0.15) is 0 Å². The normalized spacial score (nSPS) is 29.4. The highest BCUT2D eigenvalue weighted by atomic mass is 16.3. The second kappa shape index (κ2) is 4.79. The summed E-state index contributed by atoms with van der Waals surface area (Å²) in [6, 6.07) is 10.2. The molecule has 0 spiro atoms. The number of aliphatic hydroxyl groups is 2. The summed E-state index contributed by atoms with van der Waals surface area (Å²) in [5.74, 6) is 0.336. The summed E-state index contributed by atoms with van der Waals surface area (Å²) < 4.78 is 0. The van der Waals surface area contributed by atoms with Gasteiger partial charge in [0.05, 0.1) is 12.2 Å². The second-order valence-corrected chi connectivity index (χ2v) is 5.53. The fraction of sp³-hybridized carbons (Fsp3) is 0.600. The van der Waals surface area contributed by atoms with Crippen molar-refractivity contribution in [1.82, 2.24) is 0 Å². The summed E-state index contributed by atoms with van der Waals surface area (Å²) in [7, 11) is 0. The third-order valence-corrected chi connectivity index (χ3v) is 4.25. The van der Waals surface area contributed by atoms with Crippen molar-refractivity contribution in [3.05, 3.63) is 35.9 Å². The number of rotatable bonds is 5.